The van der Waals surface area contributed by atoms with Crippen molar-refractivity contribution in [1.29, 1.82) is 0 Å². The standard InChI is InChI=1S/C24H26N4OS/c1-29-20-6-4-5-18(14-20)19-7-8-21-22(15-19)30-24(26-21)27-23-13-17(9-10-25-23)16-28-11-2-3-12-28/h4-8,13-15H,2-3,9-12,16H2,1H3,(H,25,26,27). The van der Waals surface area contributed by atoms with Crippen LogP contribution in [0.2, 0.25) is 0 Å². The maximum Gasteiger partial charge on any atom is 0.189 e. The molecule has 0 saturated carbocycles. The van der Waals surface area contributed by atoms with Gasteiger partial charge in [-0.15, -0.1) is 0 Å². The largest absolute Gasteiger partial charge is 0.497 e. The molecule has 30 heavy (non-hydrogen) atoms. The monoisotopic (exact) mass is 418 g/mol. The van der Waals surface area contributed by atoms with E-state index in [-0.39, 0.29) is 0 Å². The van der Waals surface area contributed by atoms with Gasteiger partial charge in [-0.25, -0.2) is 4.98 Å². The van der Waals surface area contributed by atoms with E-state index in [0.717, 1.165) is 52.0 Å². The molecule has 1 fully saturated rings. The van der Waals surface area contributed by atoms with Crippen LogP contribution in [0.5, 0.6) is 5.75 Å². The van der Waals surface area contributed by atoms with Gasteiger partial charge in [-0.05, 0) is 73.8 Å². The predicted molar refractivity (Wildman–Crippen MR) is 126 cm³/mol. The summed E-state index contributed by atoms with van der Waals surface area (Å²) in [5.74, 6) is 1.80. The number of nitrogens with zero attached hydrogens (tertiary/aromatic N) is 3. The number of thiazole rings is 1. The Morgan fingerprint density at radius 1 is 1.10 bits per heavy atom. The Morgan fingerprint density at radius 3 is 2.83 bits per heavy atom. The highest BCUT2D eigenvalue weighted by Crippen LogP contribution is 2.32. The maximum absolute atomic E-state index is 5.36. The van der Waals surface area contributed by atoms with Crippen molar-refractivity contribution in [1.82, 2.24) is 9.88 Å². The normalized spacial score (nSPS) is 17.1. The maximum atomic E-state index is 5.36. The summed E-state index contributed by atoms with van der Waals surface area (Å²) in [6.45, 7) is 4.38. The topological polar surface area (TPSA) is 49.8 Å². The quantitative estimate of drug-likeness (QED) is 0.618. The van der Waals surface area contributed by atoms with E-state index in [4.69, 9.17) is 9.72 Å². The first-order valence-electron chi connectivity index (χ1n) is 10.6. The van der Waals surface area contributed by atoms with E-state index in [9.17, 15) is 0 Å². The first-order chi connectivity index (χ1) is 14.8. The lowest BCUT2D eigenvalue weighted by Gasteiger charge is -2.19. The number of ether oxygens (including phenoxy) is 1. The molecule has 0 atom stereocenters. The molecule has 5 rings (SSSR count). The van der Waals surface area contributed by atoms with Crippen molar-refractivity contribution in [2.45, 2.75) is 19.3 Å². The number of hydrogen-bond donors (Lipinski definition) is 1. The van der Waals surface area contributed by atoms with E-state index < -0.39 is 0 Å². The van der Waals surface area contributed by atoms with Gasteiger partial charge in [0, 0.05) is 13.1 Å². The first kappa shape index (κ1) is 19.3. The van der Waals surface area contributed by atoms with E-state index in [0.29, 0.717) is 0 Å². The number of anilines is 1. The molecule has 6 heteroatoms. The number of rotatable bonds is 5. The van der Waals surface area contributed by atoms with Crippen LogP contribution in [0.3, 0.4) is 0 Å². The highest BCUT2D eigenvalue weighted by molar-refractivity contribution is 7.22. The van der Waals surface area contributed by atoms with Gasteiger partial charge in [0.1, 0.15) is 11.6 Å². The van der Waals surface area contributed by atoms with E-state index in [2.05, 4.69) is 51.6 Å². The Hall–Kier alpha value is -2.70. The molecule has 1 N–H and O–H groups in total. The SMILES string of the molecule is COc1cccc(-c2ccc3nc(NC4=NCCC(CN5CCCC5)=C4)sc3c2)c1. The summed E-state index contributed by atoms with van der Waals surface area (Å²) in [7, 11) is 1.70. The molecule has 1 aromatic heterocycles. The zero-order valence-corrected chi connectivity index (χ0v) is 18.0. The number of dihydropyridines is 1. The fraction of sp³-hybridized carbons (Fsp3) is 0.333. The lowest BCUT2D eigenvalue weighted by atomic mass is 10.1. The smallest absolute Gasteiger partial charge is 0.189 e. The van der Waals surface area contributed by atoms with Crippen molar-refractivity contribution >= 4 is 32.5 Å². The van der Waals surface area contributed by atoms with Crippen molar-refractivity contribution in [2.75, 3.05) is 38.6 Å². The second-order valence-corrected chi connectivity index (χ2v) is 8.89. The number of aromatic nitrogens is 1. The number of nitrogens with one attached hydrogen (secondary N) is 1. The van der Waals surface area contributed by atoms with Gasteiger partial charge in [-0.1, -0.05) is 35.1 Å². The van der Waals surface area contributed by atoms with Gasteiger partial charge in [0.25, 0.3) is 0 Å². The van der Waals surface area contributed by atoms with E-state index in [1.807, 2.05) is 12.1 Å². The predicted octanol–water partition coefficient (Wildman–Crippen LogP) is 5.21. The summed E-state index contributed by atoms with van der Waals surface area (Å²) in [4.78, 5) is 12.0. The molecule has 0 spiro atoms. The fourth-order valence-electron chi connectivity index (χ4n) is 4.13. The lowest BCUT2D eigenvalue weighted by molar-refractivity contribution is 0.364. The number of aliphatic imine (C=N–C) groups is 1. The number of likely N-dealkylation sites (tertiary alicyclic amines) is 1. The zero-order valence-electron chi connectivity index (χ0n) is 17.2. The van der Waals surface area contributed by atoms with E-state index in [1.54, 1.807) is 18.4 Å². The van der Waals surface area contributed by atoms with Crippen LogP contribution >= 0.6 is 11.3 Å². The van der Waals surface area contributed by atoms with Crippen LogP contribution in [0.4, 0.5) is 5.13 Å². The molecule has 5 nitrogen and oxygen atoms in total. The summed E-state index contributed by atoms with van der Waals surface area (Å²) in [6.07, 6.45) is 5.94. The fourth-order valence-corrected chi connectivity index (χ4v) is 5.04. The van der Waals surface area contributed by atoms with E-state index >= 15 is 0 Å². The summed E-state index contributed by atoms with van der Waals surface area (Å²) in [6, 6.07) is 14.6. The van der Waals surface area contributed by atoms with Crippen LogP contribution in [-0.2, 0) is 0 Å². The Kier molecular flexibility index (Phi) is 5.51. The lowest BCUT2D eigenvalue weighted by Crippen LogP contribution is -2.25. The average molecular weight is 419 g/mol. The van der Waals surface area contributed by atoms with Crippen molar-refractivity contribution in [3.8, 4) is 16.9 Å². The van der Waals surface area contributed by atoms with Crippen molar-refractivity contribution < 1.29 is 4.74 Å². The average Bonchev–Trinajstić information content (AvgIpc) is 3.42. The van der Waals surface area contributed by atoms with E-state index in [1.165, 1.54) is 37.1 Å². The number of methoxy groups -OCH3 is 1. The molecule has 1 saturated heterocycles. The van der Waals surface area contributed by atoms with Crippen LogP contribution < -0.4 is 10.1 Å². The van der Waals surface area contributed by atoms with Gasteiger partial charge in [0.15, 0.2) is 5.13 Å². The van der Waals surface area contributed by atoms with Crippen LogP contribution in [0.25, 0.3) is 21.3 Å². The molecule has 3 heterocycles. The summed E-state index contributed by atoms with van der Waals surface area (Å²) in [5.41, 5.74) is 4.78. The van der Waals surface area contributed by atoms with Gasteiger partial charge in [0.05, 0.1) is 17.3 Å². The van der Waals surface area contributed by atoms with Gasteiger partial charge in [-0.2, -0.15) is 0 Å². The highest BCUT2D eigenvalue weighted by Gasteiger charge is 2.16. The second kappa shape index (κ2) is 8.58. The zero-order chi connectivity index (χ0) is 20.3. The van der Waals surface area contributed by atoms with Gasteiger partial charge in [-0.3, -0.25) is 9.89 Å². The Bertz CT molecular complexity index is 1110. The molecular formula is C24H26N4OS. The minimum absolute atomic E-state index is 0.854. The molecule has 2 aliphatic heterocycles. The number of hydrogen-bond acceptors (Lipinski definition) is 6. The molecule has 0 aliphatic carbocycles. The summed E-state index contributed by atoms with van der Waals surface area (Å²) in [5, 5.41) is 4.34. The third kappa shape index (κ3) is 4.25. The van der Waals surface area contributed by atoms with Crippen LogP contribution in [0.15, 0.2) is 59.1 Å². The number of amidine groups is 1. The second-order valence-electron chi connectivity index (χ2n) is 7.86. The van der Waals surface area contributed by atoms with Gasteiger partial charge in [0.2, 0.25) is 0 Å². The Balaban J connectivity index is 1.33. The molecule has 0 amide bonds. The van der Waals surface area contributed by atoms with Crippen LogP contribution in [-0.4, -0.2) is 49.0 Å². The Morgan fingerprint density at radius 2 is 1.97 bits per heavy atom. The Labute approximate surface area is 181 Å². The van der Waals surface area contributed by atoms with Gasteiger partial charge >= 0.3 is 0 Å². The van der Waals surface area contributed by atoms with Crippen LogP contribution in [0, 0.1) is 0 Å². The van der Waals surface area contributed by atoms with Crippen molar-refractivity contribution in [3.05, 3.63) is 54.1 Å². The molecule has 0 bridgehead atoms. The molecule has 3 aromatic rings. The molecule has 0 radical (unpaired) electrons. The minimum Gasteiger partial charge on any atom is -0.497 e. The van der Waals surface area contributed by atoms with Crippen LogP contribution in [0.1, 0.15) is 19.3 Å². The van der Waals surface area contributed by atoms with Crippen molar-refractivity contribution in [3.63, 3.8) is 0 Å². The van der Waals surface area contributed by atoms with Crippen molar-refractivity contribution in [2.24, 2.45) is 4.99 Å². The highest BCUT2D eigenvalue weighted by atomic mass is 32.1. The molecule has 2 aliphatic rings. The molecule has 0 unspecified atom stereocenters. The molecule has 2 aromatic carbocycles. The summed E-state index contributed by atoms with van der Waals surface area (Å²) < 4.78 is 6.52. The number of benzene rings is 2. The third-order valence-corrected chi connectivity index (χ3v) is 6.64. The summed E-state index contributed by atoms with van der Waals surface area (Å²) >= 11 is 1.67. The molecular weight excluding hydrogens is 392 g/mol. The minimum atomic E-state index is 0.854. The number of fused-ring (bicyclic) bond motifs is 1. The van der Waals surface area contributed by atoms with Gasteiger partial charge < -0.3 is 10.1 Å². The molecule has 154 valence electrons. The third-order valence-electron chi connectivity index (χ3n) is 5.71. The first-order valence-corrected chi connectivity index (χ1v) is 11.4.